The van der Waals surface area contributed by atoms with E-state index in [4.69, 9.17) is 4.74 Å². The highest BCUT2D eigenvalue weighted by Crippen LogP contribution is 2.34. The number of ether oxygens (including phenoxy) is 1. The lowest BCUT2D eigenvalue weighted by Gasteiger charge is -2.25. The molecule has 2 aromatic rings. The number of carbonyl (C=O) groups is 2. The molecule has 0 atom stereocenters. The Hall–Kier alpha value is -2.91. The number of sulfonamides is 1. The molecule has 8 nitrogen and oxygen atoms in total. The molecule has 0 aliphatic carbocycles. The molecule has 32 heavy (non-hydrogen) atoms. The molecule has 0 unspecified atom stereocenters. The topological polar surface area (TPSA) is 96.0 Å². The van der Waals surface area contributed by atoms with Crippen LogP contribution in [-0.2, 0) is 14.8 Å². The summed E-state index contributed by atoms with van der Waals surface area (Å²) in [5, 5.41) is 2.80. The van der Waals surface area contributed by atoms with Crippen LogP contribution in [0, 0.1) is 0 Å². The first-order valence-corrected chi connectivity index (χ1v) is 12.2. The van der Waals surface area contributed by atoms with E-state index in [1.165, 1.54) is 35.7 Å². The lowest BCUT2D eigenvalue weighted by atomic mass is 10.2. The van der Waals surface area contributed by atoms with Crippen LogP contribution in [0.2, 0.25) is 0 Å². The zero-order valence-corrected chi connectivity index (χ0v) is 18.9. The van der Waals surface area contributed by atoms with Gasteiger partial charge in [0.15, 0.2) is 0 Å². The second-order valence-electron chi connectivity index (χ2n) is 7.98. The van der Waals surface area contributed by atoms with Gasteiger partial charge < -0.3 is 15.0 Å². The van der Waals surface area contributed by atoms with Crippen molar-refractivity contribution < 1.29 is 22.7 Å². The van der Waals surface area contributed by atoms with Crippen molar-refractivity contribution in [1.29, 1.82) is 0 Å². The Kier molecular flexibility index (Phi) is 6.48. The number of anilines is 2. The van der Waals surface area contributed by atoms with Gasteiger partial charge >= 0.3 is 0 Å². The van der Waals surface area contributed by atoms with Crippen LogP contribution in [-0.4, -0.2) is 51.3 Å². The predicted molar refractivity (Wildman–Crippen MR) is 122 cm³/mol. The van der Waals surface area contributed by atoms with Gasteiger partial charge in [0.1, 0.15) is 5.75 Å². The van der Waals surface area contributed by atoms with Gasteiger partial charge in [-0.3, -0.25) is 9.59 Å². The number of piperidine rings is 1. The number of methoxy groups -OCH3 is 1. The van der Waals surface area contributed by atoms with Crippen LogP contribution >= 0.6 is 0 Å². The van der Waals surface area contributed by atoms with Gasteiger partial charge in [-0.05, 0) is 55.7 Å². The van der Waals surface area contributed by atoms with E-state index in [0.717, 1.165) is 25.7 Å². The summed E-state index contributed by atoms with van der Waals surface area (Å²) in [5.74, 6) is 0.194. The normalized spacial score (nSPS) is 17.4. The second kappa shape index (κ2) is 9.30. The van der Waals surface area contributed by atoms with Crippen LogP contribution in [0.5, 0.6) is 5.75 Å². The molecule has 2 amide bonds. The third-order valence-corrected chi connectivity index (χ3v) is 7.78. The lowest BCUT2D eigenvalue weighted by Crippen LogP contribution is -2.35. The second-order valence-corrected chi connectivity index (χ2v) is 9.92. The number of rotatable bonds is 6. The summed E-state index contributed by atoms with van der Waals surface area (Å²) in [6.07, 6.45) is 4.11. The molecule has 2 aromatic carbocycles. The van der Waals surface area contributed by atoms with Crippen molar-refractivity contribution in [2.24, 2.45) is 0 Å². The minimum absolute atomic E-state index is 0.0553. The number of benzene rings is 2. The van der Waals surface area contributed by atoms with Gasteiger partial charge in [0.25, 0.3) is 5.91 Å². The Bertz CT molecular complexity index is 1110. The highest BCUT2D eigenvalue weighted by molar-refractivity contribution is 7.89. The van der Waals surface area contributed by atoms with Crippen LogP contribution in [0.3, 0.4) is 0 Å². The first-order chi connectivity index (χ1) is 15.4. The Morgan fingerprint density at radius 3 is 2.31 bits per heavy atom. The zero-order valence-electron chi connectivity index (χ0n) is 18.0. The third kappa shape index (κ3) is 4.49. The van der Waals surface area contributed by atoms with E-state index in [1.807, 2.05) is 0 Å². The van der Waals surface area contributed by atoms with Crippen LogP contribution in [0.4, 0.5) is 11.4 Å². The number of hydrogen-bond acceptors (Lipinski definition) is 5. The fourth-order valence-corrected chi connectivity index (χ4v) is 5.63. The molecule has 2 aliphatic heterocycles. The first kappa shape index (κ1) is 22.3. The van der Waals surface area contributed by atoms with Gasteiger partial charge in [-0.1, -0.05) is 6.42 Å². The average molecular weight is 458 g/mol. The van der Waals surface area contributed by atoms with E-state index in [9.17, 15) is 18.0 Å². The number of carbonyl (C=O) groups excluding carboxylic acids is 2. The van der Waals surface area contributed by atoms with Gasteiger partial charge in [0.05, 0.1) is 17.7 Å². The molecule has 2 fully saturated rings. The van der Waals surface area contributed by atoms with E-state index >= 15 is 0 Å². The van der Waals surface area contributed by atoms with Crippen molar-refractivity contribution >= 4 is 33.2 Å². The minimum Gasteiger partial charge on any atom is -0.494 e. The largest absolute Gasteiger partial charge is 0.494 e. The average Bonchev–Trinajstić information content (AvgIpc) is 3.25. The number of amides is 2. The summed E-state index contributed by atoms with van der Waals surface area (Å²) in [6.45, 7) is 1.71. The van der Waals surface area contributed by atoms with E-state index < -0.39 is 10.0 Å². The molecule has 2 aliphatic rings. The monoisotopic (exact) mass is 457 g/mol. The number of nitrogens with one attached hydrogen (secondary N) is 1. The van der Waals surface area contributed by atoms with E-state index in [1.54, 1.807) is 23.1 Å². The van der Waals surface area contributed by atoms with E-state index in [0.29, 0.717) is 48.7 Å². The molecule has 170 valence electrons. The summed E-state index contributed by atoms with van der Waals surface area (Å²) in [5.41, 5.74) is 1.55. The minimum atomic E-state index is -3.54. The molecular weight excluding hydrogens is 430 g/mol. The highest BCUT2D eigenvalue weighted by Gasteiger charge is 2.26. The smallest absolute Gasteiger partial charge is 0.255 e. The summed E-state index contributed by atoms with van der Waals surface area (Å²) < 4.78 is 32.5. The maximum atomic E-state index is 12.8. The third-order valence-electron chi connectivity index (χ3n) is 5.87. The summed E-state index contributed by atoms with van der Waals surface area (Å²) in [7, 11) is -2.02. The van der Waals surface area contributed by atoms with Crippen molar-refractivity contribution in [3.8, 4) is 5.75 Å². The molecule has 0 bridgehead atoms. The van der Waals surface area contributed by atoms with Crippen molar-refractivity contribution in [1.82, 2.24) is 4.31 Å². The molecule has 0 saturated carbocycles. The molecular formula is C23H27N3O5S. The molecule has 0 radical (unpaired) electrons. The van der Waals surface area contributed by atoms with Gasteiger partial charge in [0.2, 0.25) is 15.9 Å². The fourth-order valence-electron chi connectivity index (χ4n) is 4.12. The quantitative estimate of drug-likeness (QED) is 0.718. The van der Waals surface area contributed by atoms with Crippen LogP contribution in [0.25, 0.3) is 0 Å². The van der Waals surface area contributed by atoms with Crippen molar-refractivity contribution in [3.63, 3.8) is 0 Å². The van der Waals surface area contributed by atoms with Gasteiger partial charge in [0, 0.05) is 43.4 Å². The Balaban J connectivity index is 1.47. The van der Waals surface area contributed by atoms with Crippen LogP contribution in [0.1, 0.15) is 42.5 Å². The molecule has 9 heteroatoms. The Morgan fingerprint density at radius 1 is 0.969 bits per heavy atom. The Morgan fingerprint density at radius 2 is 1.69 bits per heavy atom. The summed E-state index contributed by atoms with van der Waals surface area (Å²) in [6, 6.07) is 11.1. The maximum absolute atomic E-state index is 12.8. The standard InChI is InChI=1S/C23H27N3O5S/c1-31-21-16-18(9-12-20(21)26-15-5-6-22(26)27)24-23(28)17-7-10-19(11-8-17)32(29,30)25-13-3-2-4-14-25/h7-12,16H,2-6,13-15H2,1H3,(H,24,28). The van der Waals surface area contributed by atoms with Gasteiger partial charge in [-0.2, -0.15) is 4.31 Å². The molecule has 1 N–H and O–H groups in total. The fraction of sp³-hybridized carbons (Fsp3) is 0.391. The van der Waals surface area contributed by atoms with E-state index in [-0.39, 0.29) is 16.7 Å². The van der Waals surface area contributed by atoms with Crippen LogP contribution < -0.4 is 15.0 Å². The highest BCUT2D eigenvalue weighted by atomic mass is 32.2. The predicted octanol–water partition coefficient (Wildman–Crippen LogP) is 3.25. The number of nitrogens with zero attached hydrogens (tertiary/aromatic N) is 2. The van der Waals surface area contributed by atoms with Crippen molar-refractivity contribution in [2.45, 2.75) is 37.0 Å². The van der Waals surface area contributed by atoms with Crippen LogP contribution in [0.15, 0.2) is 47.4 Å². The molecule has 2 heterocycles. The van der Waals surface area contributed by atoms with Crippen molar-refractivity contribution in [3.05, 3.63) is 48.0 Å². The molecule has 0 aromatic heterocycles. The molecule has 2 saturated heterocycles. The Labute approximate surface area is 188 Å². The molecule has 0 spiro atoms. The summed E-state index contributed by atoms with van der Waals surface area (Å²) in [4.78, 5) is 26.6. The lowest BCUT2D eigenvalue weighted by molar-refractivity contribution is -0.117. The van der Waals surface area contributed by atoms with Gasteiger partial charge in [-0.25, -0.2) is 8.42 Å². The summed E-state index contributed by atoms with van der Waals surface area (Å²) >= 11 is 0. The SMILES string of the molecule is COc1cc(NC(=O)c2ccc(S(=O)(=O)N3CCCCC3)cc2)ccc1N1CCCC1=O. The number of hydrogen-bond donors (Lipinski definition) is 1. The first-order valence-electron chi connectivity index (χ1n) is 10.8. The van der Waals surface area contributed by atoms with Gasteiger partial charge in [-0.15, -0.1) is 0 Å². The molecule has 4 rings (SSSR count). The maximum Gasteiger partial charge on any atom is 0.255 e. The zero-order chi connectivity index (χ0) is 22.7. The van der Waals surface area contributed by atoms with Crippen molar-refractivity contribution in [2.75, 3.05) is 37.0 Å². The van der Waals surface area contributed by atoms with E-state index in [2.05, 4.69) is 5.32 Å².